The van der Waals surface area contributed by atoms with Crippen molar-refractivity contribution >= 4 is 16.6 Å². The van der Waals surface area contributed by atoms with Gasteiger partial charge >= 0.3 is 0 Å². The number of aromatic nitrogens is 1. The third-order valence-electron chi connectivity index (χ3n) is 3.53. The fraction of sp³-hybridized carbons (Fsp3) is 0.125. The molecule has 1 heterocycles. The van der Waals surface area contributed by atoms with Gasteiger partial charge in [-0.2, -0.15) is 0 Å². The molecule has 0 amide bonds. The van der Waals surface area contributed by atoms with Crippen LogP contribution in [0.3, 0.4) is 0 Å². The Bertz CT molecular complexity index is 808. The van der Waals surface area contributed by atoms with Gasteiger partial charge in [-0.05, 0) is 17.3 Å². The molecule has 1 N–H and O–H groups in total. The van der Waals surface area contributed by atoms with Gasteiger partial charge in [0.05, 0.1) is 19.2 Å². The SMILES string of the molecule is COc1ccccc1Cn1c(O)c(N=O)c2ccccc21. The van der Waals surface area contributed by atoms with E-state index in [-0.39, 0.29) is 11.6 Å². The average molecular weight is 282 g/mol. The van der Waals surface area contributed by atoms with Gasteiger partial charge in [-0.25, -0.2) is 0 Å². The molecule has 5 nitrogen and oxygen atoms in total. The minimum atomic E-state index is -0.128. The number of fused-ring (bicyclic) bond motifs is 1. The quantitative estimate of drug-likeness (QED) is 0.740. The Labute approximate surface area is 121 Å². The van der Waals surface area contributed by atoms with Crippen molar-refractivity contribution in [1.29, 1.82) is 0 Å². The summed E-state index contributed by atoms with van der Waals surface area (Å²) in [6.07, 6.45) is 0. The molecule has 0 fully saturated rings. The lowest BCUT2D eigenvalue weighted by Crippen LogP contribution is -2.01. The van der Waals surface area contributed by atoms with Crippen LogP contribution in [-0.2, 0) is 6.54 Å². The number of para-hydroxylation sites is 2. The second-order valence-corrected chi connectivity index (χ2v) is 4.68. The van der Waals surface area contributed by atoms with Gasteiger partial charge in [-0.3, -0.25) is 0 Å². The third kappa shape index (κ3) is 2.12. The van der Waals surface area contributed by atoms with Crippen molar-refractivity contribution in [3.05, 3.63) is 59.0 Å². The summed E-state index contributed by atoms with van der Waals surface area (Å²) < 4.78 is 6.98. The highest BCUT2D eigenvalue weighted by atomic mass is 16.5. The highest BCUT2D eigenvalue weighted by Gasteiger charge is 2.18. The van der Waals surface area contributed by atoms with Crippen molar-refractivity contribution in [2.75, 3.05) is 7.11 Å². The van der Waals surface area contributed by atoms with Gasteiger partial charge in [0.1, 0.15) is 5.75 Å². The molecule has 21 heavy (non-hydrogen) atoms. The molecule has 0 aliphatic rings. The molecule has 0 unspecified atom stereocenters. The Morgan fingerprint density at radius 3 is 2.62 bits per heavy atom. The first-order valence-corrected chi connectivity index (χ1v) is 6.51. The van der Waals surface area contributed by atoms with Crippen LogP contribution in [0.15, 0.2) is 53.7 Å². The van der Waals surface area contributed by atoms with Gasteiger partial charge in [0, 0.05) is 10.9 Å². The molecule has 106 valence electrons. The van der Waals surface area contributed by atoms with Crippen LogP contribution in [0.2, 0.25) is 0 Å². The van der Waals surface area contributed by atoms with Crippen LogP contribution in [0.25, 0.3) is 10.9 Å². The van der Waals surface area contributed by atoms with Gasteiger partial charge in [-0.1, -0.05) is 36.4 Å². The molecule has 0 atom stereocenters. The summed E-state index contributed by atoms with van der Waals surface area (Å²) in [5.74, 6) is 0.604. The lowest BCUT2D eigenvalue weighted by molar-refractivity contribution is 0.403. The van der Waals surface area contributed by atoms with Gasteiger partial charge in [0.15, 0.2) is 5.69 Å². The Hall–Kier alpha value is -2.82. The van der Waals surface area contributed by atoms with E-state index < -0.39 is 0 Å². The number of hydrogen-bond donors (Lipinski definition) is 1. The zero-order valence-electron chi connectivity index (χ0n) is 11.5. The highest BCUT2D eigenvalue weighted by Crippen LogP contribution is 2.39. The van der Waals surface area contributed by atoms with Crippen LogP contribution < -0.4 is 4.74 Å². The summed E-state index contributed by atoms with van der Waals surface area (Å²) in [5.41, 5.74) is 1.74. The first-order chi connectivity index (χ1) is 10.3. The zero-order valence-corrected chi connectivity index (χ0v) is 11.5. The van der Waals surface area contributed by atoms with E-state index in [0.29, 0.717) is 11.9 Å². The number of hydrogen-bond acceptors (Lipinski definition) is 4. The lowest BCUT2D eigenvalue weighted by atomic mass is 10.2. The molecule has 0 radical (unpaired) electrons. The fourth-order valence-corrected chi connectivity index (χ4v) is 2.53. The van der Waals surface area contributed by atoms with Crippen LogP contribution in [0.1, 0.15) is 5.56 Å². The number of methoxy groups -OCH3 is 1. The molecular formula is C16H14N2O3. The zero-order chi connectivity index (χ0) is 14.8. The standard InChI is InChI=1S/C16H14N2O3/c1-21-14-9-5-2-6-11(14)10-18-13-8-4-3-7-12(13)15(17-20)16(18)19/h2-9,19H,10H2,1H3. The summed E-state index contributed by atoms with van der Waals surface area (Å²) >= 11 is 0. The van der Waals surface area contributed by atoms with Crippen molar-refractivity contribution in [3.63, 3.8) is 0 Å². The molecule has 2 aromatic carbocycles. The minimum Gasteiger partial charge on any atom is -0.496 e. The predicted molar refractivity (Wildman–Crippen MR) is 81.2 cm³/mol. The Balaban J connectivity index is 2.17. The molecule has 3 aromatic rings. The van der Waals surface area contributed by atoms with Crippen molar-refractivity contribution < 1.29 is 9.84 Å². The molecular weight excluding hydrogens is 268 g/mol. The number of nitrogens with zero attached hydrogens (tertiary/aromatic N) is 2. The number of rotatable bonds is 4. The highest BCUT2D eigenvalue weighted by molar-refractivity contribution is 5.95. The Morgan fingerprint density at radius 1 is 1.14 bits per heavy atom. The lowest BCUT2D eigenvalue weighted by Gasteiger charge is -2.11. The Morgan fingerprint density at radius 2 is 1.86 bits per heavy atom. The molecule has 0 saturated heterocycles. The topological polar surface area (TPSA) is 63.8 Å². The Kier molecular flexibility index (Phi) is 3.31. The van der Waals surface area contributed by atoms with Crippen molar-refractivity contribution in [2.45, 2.75) is 6.54 Å². The number of benzene rings is 2. The number of ether oxygens (including phenoxy) is 1. The van der Waals surface area contributed by atoms with E-state index in [1.807, 2.05) is 42.5 Å². The van der Waals surface area contributed by atoms with E-state index in [2.05, 4.69) is 5.18 Å². The summed E-state index contributed by atoms with van der Waals surface area (Å²) in [4.78, 5) is 11.0. The van der Waals surface area contributed by atoms with Crippen molar-refractivity contribution in [2.24, 2.45) is 5.18 Å². The molecule has 3 rings (SSSR count). The van der Waals surface area contributed by atoms with Gasteiger partial charge < -0.3 is 14.4 Å². The molecule has 0 spiro atoms. The first kappa shape index (κ1) is 13.2. The number of nitroso groups, excluding NO2 is 1. The van der Waals surface area contributed by atoms with Crippen molar-refractivity contribution in [3.8, 4) is 11.6 Å². The van der Waals surface area contributed by atoms with E-state index in [9.17, 15) is 10.0 Å². The van der Waals surface area contributed by atoms with E-state index in [1.165, 1.54) is 0 Å². The summed E-state index contributed by atoms with van der Waals surface area (Å²) in [7, 11) is 1.60. The molecule has 0 aliphatic carbocycles. The first-order valence-electron chi connectivity index (χ1n) is 6.51. The van der Waals surface area contributed by atoms with Crippen molar-refractivity contribution in [1.82, 2.24) is 4.57 Å². The van der Waals surface area contributed by atoms with Gasteiger partial charge in [0.2, 0.25) is 5.88 Å². The summed E-state index contributed by atoms with van der Waals surface area (Å²) in [6, 6.07) is 14.8. The van der Waals surface area contributed by atoms with Crippen LogP contribution >= 0.6 is 0 Å². The fourth-order valence-electron chi connectivity index (χ4n) is 2.53. The van der Waals surface area contributed by atoms with Crippen LogP contribution in [0, 0.1) is 4.91 Å². The maximum atomic E-state index is 11.0. The predicted octanol–water partition coefficient (Wildman–Crippen LogP) is 3.80. The van der Waals surface area contributed by atoms with Gasteiger partial charge in [-0.15, -0.1) is 4.91 Å². The van der Waals surface area contributed by atoms with Crippen LogP contribution in [-0.4, -0.2) is 16.8 Å². The summed E-state index contributed by atoms with van der Waals surface area (Å²) in [5, 5.41) is 13.9. The second kappa shape index (κ2) is 5.28. The summed E-state index contributed by atoms with van der Waals surface area (Å²) in [6.45, 7) is 0.395. The maximum Gasteiger partial charge on any atom is 0.222 e. The molecule has 1 aromatic heterocycles. The number of aromatic hydroxyl groups is 1. The maximum absolute atomic E-state index is 11.0. The van der Waals surface area contributed by atoms with Crippen LogP contribution in [0.5, 0.6) is 11.6 Å². The molecule has 0 bridgehead atoms. The van der Waals surface area contributed by atoms with E-state index >= 15 is 0 Å². The average Bonchev–Trinajstić information content (AvgIpc) is 2.80. The molecule has 0 saturated carbocycles. The van der Waals surface area contributed by atoms with E-state index in [4.69, 9.17) is 4.74 Å². The molecule has 5 heteroatoms. The molecule has 0 aliphatic heterocycles. The largest absolute Gasteiger partial charge is 0.496 e. The smallest absolute Gasteiger partial charge is 0.222 e. The van der Waals surface area contributed by atoms with E-state index in [0.717, 1.165) is 16.8 Å². The van der Waals surface area contributed by atoms with Gasteiger partial charge in [0.25, 0.3) is 0 Å². The normalized spacial score (nSPS) is 10.7. The minimum absolute atomic E-state index is 0.0699. The third-order valence-corrected chi connectivity index (χ3v) is 3.53. The van der Waals surface area contributed by atoms with E-state index in [1.54, 1.807) is 17.7 Å². The monoisotopic (exact) mass is 282 g/mol. The second-order valence-electron chi connectivity index (χ2n) is 4.68. The van der Waals surface area contributed by atoms with Crippen LogP contribution in [0.4, 0.5) is 5.69 Å².